The second-order valence-electron chi connectivity index (χ2n) is 5.17. The van der Waals surface area contributed by atoms with Crippen LogP contribution < -0.4 is 0 Å². The maximum Gasteiger partial charge on any atom is 0.209 e. The van der Waals surface area contributed by atoms with Crippen molar-refractivity contribution in [3.8, 4) is 0 Å². The van der Waals surface area contributed by atoms with E-state index < -0.39 is 37.2 Å². The molecule has 0 amide bonds. The Labute approximate surface area is 141 Å². The molecule has 0 aliphatic carbocycles. The predicted molar refractivity (Wildman–Crippen MR) is 86.1 cm³/mol. The zero-order valence-electron chi connectivity index (χ0n) is 12.7. The van der Waals surface area contributed by atoms with Gasteiger partial charge in [0.25, 0.3) is 0 Å². The van der Waals surface area contributed by atoms with Crippen LogP contribution in [-0.2, 0) is 18.9 Å². The molecule has 1 aliphatic rings. The number of aliphatic hydroxyl groups is 3. The van der Waals surface area contributed by atoms with Crippen LogP contribution in [0.3, 0.4) is 0 Å². The highest BCUT2D eigenvalue weighted by atomic mass is 32.1. The second kappa shape index (κ2) is 10.3. The maximum absolute atomic E-state index is 9.96. The number of rotatable bonds is 9. The Kier molecular flexibility index (Phi) is 9.60. The molecule has 0 saturated carbocycles. The molecule has 3 N–H and O–H groups in total. The van der Waals surface area contributed by atoms with Gasteiger partial charge >= 0.3 is 0 Å². The van der Waals surface area contributed by atoms with E-state index in [9.17, 15) is 5.11 Å². The van der Waals surface area contributed by atoms with Crippen molar-refractivity contribution in [1.82, 2.24) is 0 Å². The zero-order chi connectivity index (χ0) is 16.7. The Morgan fingerprint density at radius 3 is 2.45 bits per heavy atom. The first-order chi connectivity index (χ1) is 10.4. The molecule has 22 heavy (non-hydrogen) atoms. The fourth-order valence-corrected chi connectivity index (χ4v) is 2.77. The average molecular weight is 358 g/mol. The van der Waals surface area contributed by atoms with Crippen LogP contribution in [0.2, 0.25) is 0 Å². The molecule has 1 fully saturated rings. The van der Waals surface area contributed by atoms with E-state index in [1.165, 1.54) is 7.11 Å². The summed E-state index contributed by atoms with van der Waals surface area (Å²) in [6.07, 6.45) is -4.29. The van der Waals surface area contributed by atoms with Crippen LogP contribution in [0.5, 0.6) is 0 Å². The van der Waals surface area contributed by atoms with Gasteiger partial charge < -0.3 is 34.3 Å². The SMILES string of the molecule is COC(OC(CS)[C@H](C)OC1OC(CS)CC[C@@H]1O)C(O)O. The van der Waals surface area contributed by atoms with Gasteiger partial charge in [0, 0.05) is 18.6 Å². The minimum atomic E-state index is -1.77. The van der Waals surface area contributed by atoms with Crippen molar-refractivity contribution < 1.29 is 34.3 Å². The molecule has 7 nitrogen and oxygen atoms in total. The van der Waals surface area contributed by atoms with Gasteiger partial charge in [0.2, 0.25) is 12.6 Å². The average Bonchev–Trinajstić information content (AvgIpc) is 2.50. The summed E-state index contributed by atoms with van der Waals surface area (Å²) in [6, 6.07) is 0. The Hall–Kier alpha value is 0.420. The van der Waals surface area contributed by atoms with Gasteiger partial charge in [0.1, 0.15) is 6.10 Å². The van der Waals surface area contributed by atoms with Crippen molar-refractivity contribution in [2.45, 2.75) is 63.1 Å². The summed E-state index contributed by atoms with van der Waals surface area (Å²) in [5.41, 5.74) is 0. The van der Waals surface area contributed by atoms with Crippen LogP contribution in [0.15, 0.2) is 0 Å². The summed E-state index contributed by atoms with van der Waals surface area (Å²) in [5.74, 6) is 0.822. The quantitative estimate of drug-likeness (QED) is 0.287. The molecule has 1 aliphatic heterocycles. The number of hydrogen-bond donors (Lipinski definition) is 5. The highest BCUT2D eigenvalue weighted by Crippen LogP contribution is 2.24. The molecule has 0 bridgehead atoms. The van der Waals surface area contributed by atoms with Gasteiger partial charge in [0.05, 0.1) is 18.3 Å². The molecule has 132 valence electrons. The Morgan fingerprint density at radius 1 is 1.27 bits per heavy atom. The number of ether oxygens (including phenoxy) is 4. The zero-order valence-corrected chi connectivity index (χ0v) is 14.5. The minimum Gasteiger partial charge on any atom is -0.388 e. The summed E-state index contributed by atoms with van der Waals surface area (Å²) >= 11 is 8.37. The summed E-state index contributed by atoms with van der Waals surface area (Å²) in [5, 5.41) is 28.2. The molecule has 0 radical (unpaired) electrons. The molecular formula is C13H26O7S2. The third kappa shape index (κ3) is 6.14. The molecule has 9 heteroatoms. The lowest BCUT2D eigenvalue weighted by atomic mass is 10.1. The van der Waals surface area contributed by atoms with Crippen LogP contribution in [0.4, 0.5) is 0 Å². The monoisotopic (exact) mass is 358 g/mol. The predicted octanol–water partition coefficient (Wildman–Crippen LogP) is -0.215. The van der Waals surface area contributed by atoms with E-state index in [0.717, 1.165) is 6.42 Å². The Morgan fingerprint density at radius 2 is 1.95 bits per heavy atom. The van der Waals surface area contributed by atoms with Crippen molar-refractivity contribution in [1.29, 1.82) is 0 Å². The molecule has 1 saturated heterocycles. The Bertz CT molecular complexity index is 308. The van der Waals surface area contributed by atoms with Gasteiger partial charge in [0.15, 0.2) is 6.29 Å². The van der Waals surface area contributed by atoms with E-state index >= 15 is 0 Å². The maximum atomic E-state index is 9.96. The first-order valence-electron chi connectivity index (χ1n) is 7.18. The van der Waals surface area contributed by atoms with Gasteiger partial charge in [-0.3, -0.25) is 0 Å². The molecule has 0 aromatic rings. The van der Waals surface area contributed by atoms with Crippen molar-refractivity contribution in [2.75, 3.05) is 18.6 Å². The molecule has 1 heterocycles. The van der Waals surface area contributed by atoms with Gasteiger partial charge in [-0.25, -0.2) is 0 Å². The summed E-state index contributed by atoms with van der Waals surface area (Å²) in [7, 11) is 1.30. The lowest BCUT2D eigenvalue weighted by Gasteiger charge is -2.36. The smallest absolute Gasteiger partial charge is 0.209 e. The summed E-state index contributed by atoms with van der Waals surface area (Å²) in [6.45, 7) is 1.73. The van der Waals surface area contributed by atoms with Crippen LogP contribution in [0.1, 0.15) is 19.8 Å². The summed E-state index contributed by atoms with van der Waals surface area (Å²) < 4.78 is 21.6. The molecule has 4 unspecified atom stereocenters. The highest BCUT2D eigenvalue weighted by molar-refractivity contribution is 7.80. The Balaban J connectivity index is 2.57. The fraction of sp³-hybridized carbons (Fsp3) is 1.00. The van der Waals surface area contributed by atoms with Crippen molar-refractivity contribution >= 4 is 25.3 Å². The fourth-order valence-electron chi connectivity index (χ4n) is 2.12. The molecule has 1 rings (SSSR count). The van der Waals surface area contributed by atoms with Crippen molar-refractivity contribution in [2.24, 2.45) is 0 Å². The first kappa shape index (κ1) is 20.5. The van der Waals surface area contributed by atoms with E-state index in [0.29, 0.717) is 12.2 Å². The van der Waals surface area contributed by atoms with Crippen LogP contribution in [0, 0.1) is 0 Å². The number of aliphatic hydroxyl groups excluding tert-OH is 2. The van der Waals surface area contributed by atoms with Crippen LogP contribution in [0.25, 0.3) is 0 Å². The normalized spacial score (nSPS) is 30.3. The number of hydrogen-bond acceptors (Lipinski definition) is 9. The highest BCUT2D eigenvalue weighted by Gasteiger charge is 2.34. The van der Waals surface area contributed by atoms with Gasteiger partial charge in [-0.05, 0) is 19.8 Å². The second-order valence-corrected chi connectivity index (χ2v) is 5.90. The molecule has 0 aromatic heterocycles. The molecule has 0 spiro atoms. The number of methoxy groups -OCH3 is 1. The topological polar surface area (TPSA) is 97.6 Å². The third-order valence-electron chi connectivity index (χ3n) is 3.47. The molecule has 0 aromatic carbocycles. The van der Waals surface area contributed by atoms with Crippen LogP contribution in [-0.4, -0.2) is 77.2 Å². The third-order valence-corrected chi connectivity index (χ3v) is 4.23. The van der Waals surface area contributed by atoms with E-state index in [1.54, 1.807) is 6.92 Å². The van der Waals surface area contributed by atoms with E-state index in [1.807, 2.05) is 0 Å². The van der Waals surface area contributed by atoms with E-state index in [2.05, 4.69) is 25.3 Å². The lowest BCUT2D eigenvalue weighted by molar-refractivity contribution is -0.293. The molecule has 6 atom stereocenters. The standard InChI is InChI=1S/C13H26O7S2/c1-7(10(6-22)20-13(17-2)11(15)16)18-12-9(14)4-3-8(5-21)19-12/h7-16,21-22H,3-6H2,1-2H3/t7-,8?,9-,10?,12?,13?/m0/s1. The minimum absolute atomic E-state index is 0.0645. The van der Waals surface area contributed by atoms with Crippen molar-refractivity contribution in [3.05, 3.63) is 0 Å². The van der Waals surface area contributed by atoms with Gasteiger partial charge in [-0.1, -0.05) is 0 Å². The molecular weight excluding hydrogens is 332 g/mol. The van der Waals surface area contributed by atoms with E-state index in [4.69, 9.17) is 29.2 Å². The van der Waals surface area contributed by atoms with Crippen molar-refractivity contribution in [3.63, 3.8) is 0 Å². The first-order valence-corrected chi connectivity index (χ1v) is 8.44. The number of thiol groups is 2. The van der Waals surface area contributed by atoms with Gasteiger partial charge in [-0.2, -0.15) is 25.3 Å². The summed E-state index contributed by atoms with van der Waals surface area (Å²) in [4.78, 5) is 0. The van der Waals surface area contributed by atoms with Crippen LogP contribution >= 0.6 is 25.3 Å². The lowest BCUT2D eigenvalue weighted by Crippen LogP contribution is -2.47. The largest absolute Gasteiger partial charge is 0.388 e. The van der Waals surface area contributed by atoms with Gasteiger partial charge in [-0.15, -0.1) is 0 Å². The van der Waals surface area contributed by atoms with E-state index in [-0.39, 0.29) is 11.9 Å².